The molecule has 0 saturated carbocycles. The molecule has 0 saturated heterocycles. The van der Waals surface area contributed by atoms with Crippen molar-refractivity contribution in [2.45, 2.75) is 13.8 Å². The standard InChI is InChI=1S/C26H23FN4O4/c1-16(2)14-33-26-29-24(17-6-11-22-23(13-17)35-15-34-22)31(30-26)21-9-7-20(8-10-21)28-25(32)18-4-3-5-19(27)12-18/h3-13,16H,14-15H2,1-2H3,(H,28,32). The van der Waals surface area contributed by atoms with Crippen LogP contribution in [0.4, 0.5) is 10.1 Å². The fourth-order valence-electron chi connectivity index (χ4n) is 3.52. The van der Waals surface area contributed by atoms with Crippen LogP contribution in [0.1, 0.15) is 24.2 Å². The van der Waals surface area contributed by atoms with Gasteiger partial charge in [0.1, 0.15) is 5.82 Å². The van der Waals surface area contributed by atoms with Gasteiger partial charge in [0.25, 0.3) is 5.91 Å². The molecule has 0 aliphatic carbocycles. The van der Waals surface area contributed by atoms with E-state index in [0.717, 1.165) is 5.56 Å². The smallest absolute Gasteiger partial charge is 0.336 e. The molecular weight excluding hydrogens is 451 g/mol. The van der Waals surface area contributed by atoms with Gasteiger partial charge < -0.3 is 19.5 Å². The highest BCUT2D eigenvalue weighted by molar-refractivity contribution is 6.04. The first-order valence-electron chi connectivity index (χ1n) is 11.1. The maximum absolute atomic E-state index is 13.4. The van der Waals surface area contributed by atoms with Crippen molar-refractivity contribution in [1.82, 2.24) is 14.8 Å². The lowest BCUT2D eigenvalue weighted by atomic mass is 10.2. The third-order valence-corrected chi connectivity index (χ3v) is 5.22. The molecule has 3 aromatic carbocycles. The Kier molecular flexibility index (Phi) is 6.05. The first-order valence-corrected chi connectivity index (χ1v) is 11.1. The van der Waals surface area contributed by atoms with Crippen molar-refractivity contribution in [3.05, 3.63) is 78.1 Å². The van der Waals surface area contributed by atoms with Gasteiger partial charge in [-0.2, -0.15) is 4.98 Å². The Labute approximate surface area is 201 Å². The van der Waals surface area contributed by atoms with Crippen LogP contribution < -0.4 is 19.5 Å². The van der Waals surface area contributed by atoms with Crippen LogP contribution in [0, 0.1) is 11.7 Å². The summed E-state index contributed by atoms with van der Waals surface area (Å²) in [5, 5.41) is 7.32. The molecule has 178 valence electrons. The minimum absolute atomic E-state index is 0.178. The Morgan fingerprint density at radius 1 is 1.09 bits per heavy atom. The van der Waals surface area contributed by atoms with E-state index in [1.54, 1.807) is 35.0 Å². The van der Waals surface area contributed by atoms with Crippen LogP contribution in [0.5, 0.6) is 17.5 Å². The molecule has 1 amide bonds. The molecule has 5 rings (SSSR count). The summed E-state index contributed by atoms with van der Waals surface area (Å²) < 4.78 is 31.8. The van der Waals surface area contributed by atoms with Crippen LogP contribution >= 0.6 is 0 Å². The number of ether oxygens (including phenoxy) is 3. The molecule has 0 atom stereocenters. The number of halogens is 1. The molecular formula is C26H23FN4O4. The first kappa shape index (κ1) is 22.4. The number of rotatable bonds is 7. The van der Waals surface area contributed by atoms with Crippen LogP contribution in [0.15, 0.2) is 66.7 Å². The van der Waals surface area contributed by atoms with E-state index in [9.17, 15) is 9.18 Å². The lowest BCUT2D eigenvalue weighted by molar-refractivity contribution is 0.102. The predicted molar refractivity (Wildman–Crippen MR) is 128 cm³/mol. The number of nitrogens with one attached hydrogen (secondary N) is 1. The molecule has 0 radical (unpaired) electrons. The fraction of sp³-hybridized carbons (Fsp3) is 0.192. The Hall–Kier alpha value is -4.40. The Morgan fingerprint density at radius 2 is 1.89 bits per heavy atom. The van der Waals surface area contributed by atoms with E-state index in [1.807, 2.05) is 32.0 Å². The van der Waals surface area contributed by atoms with Gasteiger partial charge in [0, 0.05) is 16.8 Å². The average molecular weight is 474 g/mol. The van der Waals surface area contributed by atoms with Crippen LogP contribution in [0.25, 0.3) is 17.1 Å². The first-order chi connectivity index (χ1) is 17.0. The van der Waals surface area contributed by atoms with Gasteiger partial charge in [0.2, 0.25) is 6.79 Å². The molecule has 35 heavy (non-hydrogen) atoms. The molecule has 1 N–H and O–H groups in total. The maximum atomic E-state index is 13.4. The van der Waals surface area contributed by atoms with Gasteiger partial charge in [0.05, 0.1) is 12.3 Å². The molecule has 0 bridgehead atoms. The summed E-state index contributed by atoms with van der Waals surface area (Å²) in [6, 6.07) is 18.4. The molecule has 1 aliphatic rings. The summed E-state index contributed by atoms with van der Waals surface area (Å²) in [4.78, 5) is 17.0. The zero-order chi connectivity index (χ0) is 24.4. The van der Waals surface area contributed by atoms with E-state index in [4.69, 9.17) is 14.2 Å². The predicted octanol–water partition coefficient (Wildman–Crippen LogP) is 5.09. The maximum Gasteiger partial charge on any atom is 0.336 e. The third-order valence-electron chi connectivity index (χ3n) is 5.22. The van der Waals surface area contributed by atoms with Gasteiger partial charge in [0.15, 0.2) is 17.3 Å². The number of fused-ring (bicyclic) bond motifs is 1. The highest BCUT2D eigenvalue weighted by Gasteiger charge is 2.20. The number of hydrogen-bond acceptors (Lipinski definition) is 6. The van der Waals surface area contributed by atoms with Crippen LogP contribution in [0.3, 0.4) is 0 Å². The van der Waals surface area contributed by atoms with Crippen molar-refractivity contribution < 1.29 is 23.4 Å². The van der Waals surface area contributed by atoms with Crippen molar-refractivity contribution in [2.24, 2.45) is 5.92 Å². The quantitative estimate of drug-likeness (QED) is 0.402. The molecule has 1 aliphatic heterocycles. The summed E-state index contributed by atoms with van der Waals surface area (Å²) in [6.45, 7) is 4.76. The summed E-state index contributed by atoms with van der Waals surface area (Å²) in [5.74, 6) is 1.33. The van der Waals surface area contributed by atoms with Crippen molar-refractivity contribution in [2.75, 3.05) is 18.7 Å². The molecule has 1 aromatic heterocycles. The van der Waals surface area contributed by atoms with E-state index in [0.29, 0.717) is 41.2 Å². The number of amides is 1. The summed E-state index contributed by atoms with van der Waals surface area (Å²) in [5.41, 5.74) is 2.30. The van der Waals surface area contributed by atoms with Gasteiger partial charge in [-0.15, -0.1) is 5.10 Å². The van der Waals surface area contributed by atoms with E-state index >= 15 is 0 Å². The fourth-order valence-corrected chi connectivity index (χ4v) is 3.52. The molecule has 8 nitrogen and oxygen atoms in total. The minimum atomic E-state index is -0.467. The number of aromatic nitrogens is 3. The molecule has 4 aromatic rings. The van der Waals surface area contributed by atoms with E-state index < -0.39 is 11.7 Å². The number of carbonyl (C=O) groups is 1. The second-order valence-corrected chi connectivity index (χ2v) is 8.41. The summed E-state index contributed by atoms with van der Waals surface area (Å²) in [6.07, 6.45) is 0. The lowest BCUT2D eigenvalue weighted by Gasteiger charge is -2.09. The van der Waals surface area contributed by atoms with Gasteiger partial charge in [-0.3, -0.25) is 4.79 Å². The summed E-state index contributed by atoms with van der Waals surface area (Å²) >= 11 is 0. The van der Waals surface area contributed by atoms with Crippen LogP contribution in [-0.4, -0.2) is 34.1 Å². The van der Waals surface area contributed by atoms with Gasteiger partial charge in [-0.05, 0) is 66.6 Å². The van der Waals surface area contributed by atoms with E-state index in [1.165, 1.54) is 18.2 Å². The second kappa shape index (κ2) is 9.46. The zero-order valence-corrected chi connectivity index (χ0v) is 19.2. The minimum Gasteiger partial charge on any atom is -0.462 e. The van der Waals surface area contributed by atoms with Crippen molar-refractivity contribution in [1.29, 1.82) is 0 Å². The highest BCUT2D eigenvalue weighted by Crippen LogP contribution is 2.36. The normalized spacial score (nSPS) is 12.1. The molecule has 0 unspecified atom stereocenters. The number of carbonyl (C=O) groups excluding carboxylic acids is 1. The third kappa shape index (κ3) is 4.93. The number of benzene rings is 3. The van der Waals surface area contributed by atoms with Gasteiger partial charge >= 0.3 is 6.01 Å². The number of anilines is 1. The highest BCUT2D eigenvalue weighted by atomic mass is 19.1. The lowest BCUT2D eigenvalue weighted by Crippen LogP contribution is -2.12. The average Bonchev–Trinajstić information content (AvgIpc) is 3.50. The second-order valence-electron chi connectivity index (χ2n) is 8.41. The van der Waals surface area contributed by atoms with Crippen LogP contribution in [-0.2, 0) is 0 Å². The monoisotopic (exact) mass is 474 g/mol. The van der Waals surface area contributed by atoms with Crippen LogP contribution in [0.2, 0.25) is 0 Å². The Balaban J connectivity index is 1.43. The van der Waals surface area contributed by atoms with E-state index in [2.05, 4.69) is 15.4 Å². The number of nitrogens with zero attached hydrogens (tertiary/aromatic N) is 3. The Bertz CT molecular complexity index is 1370. The van der Waals surface area contributed by atoms with E-state index in [-0.39, 0.29) is 18.4 Å². The van der Waals surface area contributed by atoms with Gasteiger partial charge in [-0.25, -0.2) is 9.07 Å². The SMILES string of the molecule is CC(C)COc1nc(-c2ccc3c(c2)OCO3)n(-c2ccc(NC(=O)c3cccc(F)c3)cc2)n1. The van der Waals surface area contributed by atoms with Crippen molar-refractivity contribution in [3.63, 3.8) is 0 Å². The molecule has 0 spiro atoms. The molecule has 2 heterocycles. The number of hydrogen-bond donors (Lipinski definition) is 1. The Morgan fingerprint density at radius 3 is 2.66 bits per heavy atom. The topological polar surface area (TPSA) is 87.5 Å². The van der Waals surface area contributed by atoms with Crippen molar-refractivity contribution >= 4 is 11.6 Å². The van der Waals surface area contributed by atoms with Gasteiger partial charge in [-0.1, -0.05) is 19.9 Å². The zero-order valence-electron chi connectivity index (χ0n) is 19.2. The summed E-state index contributed by atoms with van der Waals surface area (Å²) in [7, 11) is 0. The molecule has 9 heteroatoms. The molecule has 0 fully saturated rings. The largest absolute Gasteiger partial charge is 0.462 e. The van der Waals surface area contributed by atoms with Crippen molar-refractivity contribution in [3.8, 4) is 34.6 Å².